The standard InChI is InChI=1S/C14H12N2O4S2/c1-19-13(17)9-5-3-7-15-11(9)21-22-12-10(14(18)20-2)6-4-8-16-12/h3-8H,1-2H3. The molecule has 0 aromatic carbocycles. The first-order valence-electron chi connectivity index (χ1n) is 6.08. The van der Waals surface area contributed by atoms with E-state index < -0.39 is 11.9 Å². The van der Waals surface area contributed by atoms with Crippen molar-refractivity contribution in [3.63, 3.8) is 0 Å². The largest absolute Gasteiger partial charge is 0.465 e. The van der Waals surface area contributed by atoms with E-state index in [2.05, 4.69) is 9.97 Å². The van der Waals surface area contributed by atoms with Crippen molar-refractivity contribution in [2.45, 2.75) is 10.1 Å². The highest BCUT2D eigenvalue weighted by atomic mass is 33.1. The van der Waals surface area contributed by atoms with Crippen LogP contribution in [0.3, 0.4) is 0 Å². The number of rotatable bonds is 5. The van der Waals surface area contributed by atoms with Gasteiger partial charge in [-0.05, 0) is 45.9 Å². The van der Waals surface area contributed by atoms with Crippen LogP contribution >= 0.6 is 21.6 Å². The van der Waals surface area contributed by atoms with E-state index in [1.807, 2.05) is 0 Å². The van der Waals surface area contributed by atoms with Gasteiger partial charge in [-0.25, -0.2) is 19.6 Å². The summed E-state index contributed by atoms with van der Waals surface area (Å²) in [5, 5.41) is 0.974. The van der Waals surface area contributed by atoms with Crippen molar-refractivity contribution < 1.29 is 19.1 Å². The molecule has 0 bridgehead atoms. The lowest BCUT2D eigenvalue weighted by Crippen LogP contribution is -2.04. The van der Waals surface area contributed by atoms with Crippen molar-refractivity contribution in [1.29, 1.82) is 0 Å². The van der Waals surface area contributed by atoms with Crippen molar-refractivity contribution in [3.8, 4) is 0 Å². The van der Waals surface area contributed by atoms with Gasteiger partial charge in [0.15, 0.2) is 0 Å². The number of nitrogens with zero attached hydrogens (tertiary/aromatic N) is 2. The summed E-state index contributed by atoms with van der Waals surface area (Å²) in [7, 11) is 5.06. The molecule has 0 saturated carbocycles. The highest BCUT2D eigenvalue weighted by molar-refractivity contribution is 8.76. The van der Waals surface area contributed by atoms with Gasteiger partial charge in [0.25, 0.3) is 0 Å². The van der Waals surface area contributed by atoms with Gasteiger partial charge in [0.1, 0.15) is 10.1 Å². The van der Waals surface area contributed by atoms with Gasteiger partial charge < -0.3 is 9.47 Å². The molecule has 0 aliphatic heterocycles. The molecule has 2 aromatic heterocycles. The zero-order valence-electron chi connectivity index (χ0n) is 11.8. The third-order valence-electron chi connectivity index (χ3n) is 2.55. The van der Waals surface area contributed by atoms with E-state index in [9.17, 15) is 9.59 Å². The first-order chi connectivity index (χ1) is 10.7. The number of hydrogen-bond acceptors (Lipinski definition) is 8. The highest BCUT2D eigenvalue weighted by Crippen LogP contribution is 2.38. The number of carbonyl (C=O) groups excluding carboxylic acids is 2. The maximum absolute atomic E-state index is 11.7. The second-order valence-electron chi connectivity index (χ2n) is 3.86. The van der Waals surface area contributed by atoms with E-state index in [4.69, 9.17) is 9.47 Å². The summed E-state index contributed by atoms with van der Waals surface area (Å²) >= 11 is 0. The van der Waals surface area contributed by atoms with E-state index in [-0.39, 0.29) is 0 Å². The van der Waals surface area contributed by atoms with Crippen LogP contribution in [-0.4, -0.2) is 36.1 Å². The minimum absolute atomic E-state index is 0.359. The molecule has 0 saturated heterocycles. The van der Waals surface area contributed by atoms with Gasteiger partial charge in [-0.15, -0.1) is 0 Å². The smallest absolute Gasteiger partial charge is 0.340 e. The molecule has 0 spiro atoms. The number of aromatic nitrogens is 2. The fourth-order valence-electron chi connectivity index (χ4n) is 1.52. The SMILES string of the molecule is COC(=O)c1cccnc1SSc1ncccc1C(=O)OC. The summed E-state index contributed by atoms with van der Waals surface area (Å²) in [6.07, 6.45) is 3.16. The number of esters is 2. The molecule has 0 fully saturated rings. The minimum Gasteiger partial charge on any atom is -0.465 e. The summed E-state index contributed by atoms with van der Waals surface area (Å²) in [6, 6.07) is 6.56. The van der Waals surface area contributed by atoms with E-state index >= 15 is 0 Å². The lowest BCUT2D eigenvalue weighted by atomic mass is 10.3. The van der Waals surface area contributed by atoms with Crippen LogP contribution in [0.15, 0.2) is 46.7 Å². The zero-order chi connectivity index (χ0) is 15.9. The predicted molar refractivity (Wildman–Crippen MR) is 82.9 cm³/mol. The molecular weight excluding hydrogens is 324 g/mol. The van der Waals surface area contributed by atoms with Gasteiger partial charge in [0.05, 0.1) is 25.3 Å². The molecule has 0 radical (unpaired) electrons. The Kier molecular flexibility index (Phi) is 5.79. The Balaban J connectivity index is 2.21. The van der Waals surface area contributed by atoms with Gasteiger partial charge in [-0.3, -0.25) is 0 Å². The molecule has 0 atom stereocenters. The molecule has 2 rings (SSSR count). The molecule has 2 heterocycles. The lowest BCUT2D eigenvalue weighted by Gasteiger charge is -2.07. The van der Waals surface area contributed by atoms with Crippen LogP contribution in [0.1, 0.15) is 20.7 Å². The van der Waals surface area contributed by atoms with E-state index in [0.717, 1.165) is 0 Å². The van der Waals surface area contributed by atoms with E-state index in [1.54, 1.807) is 36.7 Å². The summed E-state index contributed by atoms with van der Waals surface area (Å²) in [4.78, 5) is 31.7. The number of hydrogen-bond donors (Lipinski definition) is 0. The van der Waals surface area contributed by atoms with Crippen LogP contribution in [-0.2, 0) is 9.47 Å². The van der Waals surface area contributed by atoms with Crippen LogP contribution in [0, 0.1) is 0 Å². The third-order valence-corrected chi connectivity index (χ3v) is 4.80. The summed E-state index contributed by atoms with van der Waals surface area (Å²) < 4.78 is 9.43. The van der Waals surface area contributed by atoms with Crippen LogP contribution in [0.2, 0.25) is 0 Å². The van der Waals surface area contributed by atoms with Crippen LogP contribution < -0.4 is 0 Å². The Morgan fingerprint density at radius 3 is 1.64 bits per heavy atom. The fourth-order valence-corrected chi connectivity index (χ4v) is 3.64. The maximum atomic E-state index is 11.7. The van der Waals surface area contributed by atoms with Crippen LogP contribution in [0.4, 0.5) is 0 Å². The molecule has 0 amide bonds. The van der Waals surface area contributed by atoms with Crippen LogP contribution in [0.5, 0.6) is 0 Å². The first-order valence-corrected chi connectivity index (χ1v) is 8.23. The Hall–Kier alpha value is -2.06. The Morgan fingerprint density at radius 2 is 1.27 bits per heavy atom. The van der Waals surface area contributed by atoms with Gasteiger partial charge in [-0.2, -0.15) is 0 Å². The van der Waals surface area contributed by atoms with Crippen LogP contribution in [0.25, 0.3) is 0 Å². The quantitative estimate of drug-likeness (QED) is 0.609. The monoisotopic (exact) mass is 336 g/mol. The third kappa shape index (κ3) is 3.77. The fraction of sp³-hybridized carbons (Fsp3) is 0.143. The van der Waals surface area contributed by atoms with Gasteiger partial charge in [0.2, 0.25) is 0 Å². The molecule has 6 nitrogen and oxygen atoms in total. The topological polar surface area (TPSA) is 78.4 Å². The molecule has 0 aliphatic rings. The van der Waals surface area contributed by atoms with Crippen molar-refractivity contribution in [1.82, 2.24) is 9.97 Å². The second kappa shape index (κ2) is 7.81. The average Bonchev–Trinajstić information content (AvgIpc) is 2.59. The Labute approximate surface area is 135 Å². The van der Waals surface area contributed by atoms with Crippen molar-refractivity contribution in [2.24, 2.45) is 0 Å². The molecule has 0 N–H and O–H groups in total. The summed E-state index contributed by atoms with van der Waals surface area (Å²) in [5.41, 5.74) is 0.719. The van der Waals surface area contributed by atoms with Crippen molar-refractivity contribution in [3.05, 3.63) is 47.8 Å². The zero-order valence-corrected chi connectivity index (χ0v) is 13.4. The molecule has 2 aromatic rings. The molecule has 0 unspecified atom stereocenters. The number of carbonyl (C=O) groups is 2. The van der Waals surface area contributed by atoms with Gasteiger partial charge in [0, 0.05) is 12.4 Å². The maximum Gasteiger partial charge on any atom is 0.340 e. The Morgan fingerprint density at radius 1 is 0.864 bits per heavy atom. The number of ether oxygens (including phenoxy) is 2. The second-order valence-corrected chi connectivity index (χ2v) is 5.97. The normalized spacial score (nSPS) is 10.1. The average molecular weight is 336 g/mol. The molecule has 8 heteroatoms. The number of methoxy groups -OCH3 is 2. The minimum atomic E-state index is -0.467. The van der Waals surface area contributed by atoms with Crippen molar-refractivity contribution >= 4 is 33.5 Å². The van der Waals surface area contributed by atoms with Gasteiger partial charge in [-0.1, -0.05) is 0 Å². The van der Waals surface area contributed by atoms with E-state index in [1.165, 1.54) is 35.8 Å². The predicted octanol–water partition coefficient (Wildman–Crippen LogP) is 2.85. The molecule has 114 valence electrons. The van der Waals surface area contributed by atoms with E-state index in [0.29, 0.717) is 21.2 Å². The summed E-state index contributed by atoms with van der Waals surface area (Å²) in [5.74, 6) is -0.934. The Bertz CT molecular complexity index is 635. The van der Waals surface area contributed by atoms with Gasteiger partial charge >= 0.3 is 11.9 Å². The molecule has 22 heavy (non-hydrogen) atoms. The lowest BCUT2D eigenvalue weighted by molar-refractivity contribution is 0.0587. The molecular formula is C14H12N2O4S2. The van der Waals surface area contributed by atoms with Crippen molar-refractivity contribution in [2.75, 3.05) is 14.2 Å². The number of pyridine rings is 2. The highest BCUT2D eigenvalue weighted by Gasteiger charge is 2.17. The molecule has 0 aliphatic carbocycles. The first kappa shape index (κ1) is 16.3. The summed E-state index contributed by atoms with van der Waals surface area (Å²) in [6.45, 7) is 0.